The van der Waals surface area contributed by atoms with E-state index >= 15 is 0 Å². The third-order valence-electron chi connectivity index (χ3n) is 3.24. The van der Waals surface area contributed by atoms with E-state index in [-0.39, 0.29) is 0 Å². The zero-order valence-electron chi connectivity index (χ0n) is 11.4. The first-order valence-electron chi connectivity index (χ1n) is 6.82. The van der Waals surface area contributed by atoms with Crippen LogP contribution >= 0.6 is 0 Å². The van der Waals surface area contributed by atoms with Crippen molar-refractivity contribution in [3.05, 3.63) is 18.3 Å². The van der Waals surface area contributed by atoms with E-state index < -0.39 is 0 Å². The molecule has 1 aliphatic heterocycles. The molecule has 0 bridgehead atoms. The number of likely N-dealkylation sites (N-methyl/N-ethyl adjacent to an activating group) is 1. The molecule has 1 N–H and O–H groups in total. The molecule has 0 amide bonds. The van der Waals surface area contributed by atoms with Crippen LogP contribution in [0.2, 0.25) is 0 Å². The van der Waals surface area contributed by atoms with Crippen molar-refractivity contribution in [1.29, 1.82) is 0 Å². The predicted octanol–water partition coefficient (Wildman–Crippen LogP) is 2.52. The van der Waals surface area contributed by atoms with Crippen LogP contribution in [0.4, 0.5) is 11.5 Å². The second kappa shape index (κ2) is 6.59. The van der Waals surface area contributed by atoms with E-state index in [0.29, 0.717) is 6.10 Å². The highest BCUT2D eigenvalue weighted by Crippen LogP contribution is 2.19. The third kappa shape index (κ3) is 3.60. The molecule has 2 heterocycles. The van der Waals surface area contributed by atoms with Crippen LogP contribution in [0.3, 0.4) is 0 Å². The molecule has 0 spiro atoms. The number of anilines is 2. The largest absolute Gasteiger partial charge is 0.376 e. The molecule has 18 heavy (non-hydrogen) atoms. The fraction of sp³-hybridized carbons (Fsp3) is 0.643. The Bertz CT molecular complexity index is 364. The lowest BCUT2D eigenvalue weighted by Crippen LogP contribution is -2.28. The average Bonchev–Trinajstić information content (AvgIpc) is 2.89. The van der Waals surface area contributed by atoms with E-state index in [1.165, 1.54) is 18.5 Å². The van der Waals surface area contributed by atoms with Crippen molar-refractivity contribution in [2.24, 2.45) is 0 Å². The first kappa shape index (κ1) is 13.1. The highest BCUT2D eigenvalue weighted by Gasteiger charge is 2.17. The number of ether oxygens (including phenoxy) is 1. The zero-order chi connectivity index (χ0) is 12.8. The van der Waals surface area contributed by atoms with E-state index in [2.05, 4.69) is 35.2 Å². The molecule has 4 heteroatoms. The molecule has 1 aromatic rings. The maximum Gasteiger partial charge on any atom is 0.127 e. The monoisotopic (exact) mass is 249 g/mol. The van der Waals surface area contributed by atoms with Gasteiger partial charge in [0.2, 0.25) is 0 Å². The summed E-state index contributed by atoms with van der Waals surface area (Å²) in [5, 5.41) is 3.31. The minimum absolute atomic E-state index is 0.384. The molecular weight excluding hydrogens is 226 g/mol. The van der Waals surface area contributed by atoms with Crippen molar-refractivity contribution in [2.45, 2.75) is 32.3 Å². The number of nitrogens with one attached hydrogen (secondary N) is 1. The first-order valence-corrected chi connectivity index (χ1v) is 6.82. The van der Waals surface area contributed by atoms with Crippen LogP contribution in [0.25, 0.3) is 0 Å². The molecule has 1 aromatic heterocycles. The molecule has 0 aromatic carbocycles. The molecule has 0 aliphatic carbocycles. The van der Waals surface area contributed by atoms with Crippen LogP contribution < -0.4 is 10.2 Å². The molecule has 100 valence electrons. The summed E-state index contributed by atoms with van der Waals surface area (Å²) >= 11 is 0. The molecule has 0 saturated carbocycles. The van der Waals surface area contributed by atoms with Crippen molar-refractivity contribution in [1.82, 2.24) is 4.98 Å². The smallest absolute Gasteiger partial charge is 0.127 e. The Kier molecular flexibility index (Phi) is 4.81. The summed E-state index contributed by atoms with van der Waals surface area (Å²) in [6.07, 6.45) is 5.72. The summed E-state index contributed by atoms with van der Waals surface area (Å²) in [6, 6.07) is 4.15. The number of aromatic nitrogens is 1. The number of hydrogen-bond acceptors (Lipinski definition) is 4. The van der Waals surface area contributed by atoms with E-state index in [1.54, 1.807) is 0 Å². The molecule has 1 atom stereocenters. The number of pyridine rings is 1. The van der Waals surface area contributed by atoms with Crippen LogP contribution in [0.15, 0.2) is 18.3 Å². The maximum absolute atomic E-state index is 5.67. The zero-order valence-corrected chi connectivity index (χ0v) is 11.4. The van der Waals surface area contributed by atoms with Gasteiger partial charge in [-0.3, -0.25) is 0 Å². The Morgan fingerprint density at radius 2 is 2.44 bits per heavy atom. The Labute approximate surface area is 109 Å². The summed E-state index contributed by atoms with van der Waals surface area (Å²) in [5.74, 6) is 0.952. The van der Waals surface area contributed by atoms with Gasteiger partial charge in [-0.15, -0.1) is 0 Å². The van der Waals surface area contributed by atoms with Crippen molar-refractivity contribution in [3.63, 3.8) is 0 Å². The Morgan fingerprint density at radius 3 is 3.17 bits per heavy atom. The number of nitrogens with zero attached hydrogens (tertiary/aromatic N) is 2. The Balaban J connectivity index is 1.93. The summed E-state index contributed by atoms with van der Waals surface area (Å²) in [4.78, 5) is 6.57. The SMILES string of the molecule is CCCNc1cc(N(C)CC2CCCO2)ccn1. The second-order valence-corrected chi connectivity index (χ2v) is 4.84. The summed E-state index contributed by atoms with van der Waals surface area (Å²) in [6.45, 7) is 4.99. The lowest BCUT2D eigenvalue weighted by Gasteiger charge is -2.23. The lowest BCUT2D eigenvalue weighted by atomic mass is 10.2. The molecule has 0 radical (unpaired) electrons. The van der Waals surface area contributed by atoms with Crippen LogP contribution in [-0.4, -0.2) is 37.8 Å². The molecule has 1 aliphatic rings. The third-order valence-corrected chi connectivity index (χ3v) is 3.24. The van der Waals surface area contributed by atoms with Crippen LogP contribution in [0.5, 0.6) is 0 Å². The topological polar surface area (TPSA) is 37.4 Å². The minimum Gasteiger partial charge on any atom is -0.376 e. The molecule has 1 unspecified atom stereocenters. The van der Waals surface area contributed by atoms with Crippen LogP contribution in [0.1, 0.15) is 26.2 Å². The molecule has 1 saturated heterocycles. The minimum atomic E-state index is 0.384. The van der Waals surface area contributed by atoms with Gasteiger partial charge in [0.05, 0.1) is 6.10 Å². The van der Waals surface area contributed by atoms with E-state index in [9.17, 15) is 0 Å². The van der Waals surface area contributed by atoms with Crippen molar-refractivity contribution in [2.75, 3.05) is 37.0 Å². The van der Waals surface area contributed by atoms with Gasteiger partial charge in [-0.25, -0.2) is 4.98 Å². The lowest BCUT2D eigenvalue weighted by molar-refractivity contribution is 0.116. The summed E-state index contributed by atoms with van der Waals surface area (Å²) < 4.78 is 5.67. The van der Waals surface area contributed by atoms with Crippen molar-refractivity contribution < 1.29 is 4.74 Å². The van der Waals surface area contributed by atoms with E-state index in [0.717, 1.165) is 31.9 Å². The average molecular weight is 249 g/mol. The van der Waals surface area contributed by atoms with Gasteiger partial charge in [-0.1, -0.05) is 6.92 Å². The highest BCUT2D eigenvalue weighted by atomic mass is 16.5. The summed E-state index contributed by atoms with van der Waals surface area (Å²) in [7, 11) is 2.11. The normalized spacial score (nSPS) is 18.9. The van der Waals surface area contributed by atoms with Gasteiger partial charge in [0.1, 0.15) is 5.82 Å². The van der Waals surface area contributed by atoms with Gasteiger partial charge in [-0.2, -0.15) is 0 Å². The fourth-order valence-electron chi connectivity index (χ4n) is 2.21. The Hall–Kier alpha value is -1.29. The second-order valence-electron chi connectivity index (χ2n) is 4.84. The molecular formula is C14H23N3O. The fourth-order valence-corrected chi connectivity index (χ4v) is 2.21. The van der Waals surface area contributed by atoms with Crippen molar-refractivity contribution in [3.8, 4) is 0 Å². The quantitative estimate of drug-likeness (QED) is 0.840. The first-order chi connectivity index (χ1) is 8.79. The summed E-state index contributed by atoms with van der Waals surface area (Å²) in [5.41, 5.74) is 1.19. The van der Waals surface area contributed by atoms with Gasteiger partial charge in [0.25, 0.3) is 0 Å². The van der Waals surface area contributed by atoms with Gasteiger partial charge in [0, 0.05) is 44.7 Å². The van der Waals surface area contributed by atoms with Gasteiger partial charge in [-0.05, 0) is 25.3 Å². The van der Waals surface area contributed by atoms with Crippen LogP contribution in [0, 0.1) is 0 Å². The van der Waals surface area contributed by atoms with E-state index in [1.807, 2.05) is 12.3 Å². The number of rotatable bonds is 6. The van der Waals surface area contributed by atoms with Crippen molar-refractivity contribution >= 4 is 11.5 Å². The standard InChI is InChI=1S/C14H23N3O/c1-3-7-15-14-10-12(6-8-16-14)17(2)11-13-5-4-9-18-13/h6,8,10,13H,3-5,7,9,11H2,1-2H3,(H,15,16). The highest BCUT2D eigenvalue weighted by molar-refractivity contribution is 5.53. The number of hydrogen-bond donors (Lipinski definition) is 1. The Morgan fingerprint density at radius 1 is 1.56 bits per heavy atom. The predicted molar refractivity (Wildman–Crippen MR) is 75.3 cm³/mol. The van der Waals surface area contributed by atoms with Gasteiger partial charge < -0.3 is 15.0 Å². The molecule has 4 nitrogen and oxygen atoms in total. The molecule has 2 rings (SSSR count). The molecule has 1 fully saturated rings. The van der Waals surface area contributed by atoms with Gasteiger partial charge >= 0.3 is 0 Å². The van der Waals surface area contributed by atoms with E-state index in [4.69, 9.17) is 4.74 Å². The van der Waals surface area contributed by atoms with Gasteiger partial charge in [0.15, 0.2) is 0 Å². The van der Waals surface area contributed by atoms with Crippen LogP contribution in [-0.2, 0) is 4.74 Å². The maximum atomic E-state index is 5.67.